The van der Waals surface area contributed by atoms with Gasteiger partial charge in [-0.3, -0.25) is 4.79 Å². The summed E-state index contributed by atoms with van der Waals surface area (Å²) < 4.78 is 10.2. The van der Waals surface area contributed by atoms with Crippen LogP contribution in [0.5, 0.6) is 11.5 Å². The van der Waals surface area contributed by atoms with Crippen LogP contribution in [0.15, 0.2) is 23.0 Å². The lowest BCUT2D eigenvalue weighted by atomic mass is 10.2. The Morgan fingerprint density at radius 3 is 2.47 bits per heavy atom. The average molecular weight is 206 g/mol. The molecule has 0 aliphatic carbocycles. The van der Waals surface area contributed by atoms with Crippen LogP contribution in [0.2, 0.25) is 0 Å². The third-order valence-electron chi connectivity index (χ3n) is 2.11. The first-order valence-corrected chi connectivity index (χ1v) is 4.36. The van der Waals surface area contributed by atoms with Crippen LogP contribution in [0, 0.1) is 0 Å². The maximum absolute atomic E-state index is 11.0. The van der Waals surface area contributed by atoms with Crippen LogP contribution in [0.4, 0.5) is 0 Å². The van der Waals surface area contributed by atoms with E-state index in [1.165, 1.54) is 6.07 Å². The number of nitrogens with one attached hydrogen (secondary N) is 1. The number of ether oxygens (including phenoxy) is 2. The topological polar surface area (TPSA) is 64.2 Å². The van der Waals surface area contributed by atoms with Gasteiger partial charge in [-0.2, -0.15) is 5.10 Å². The van der Waals surface area contributed by atoms with Gasteiger partial charge in [0.25, 0.3) is 5.56 Å². The summed E-state index contributed by atoms with van der Waals surface area (Å²) in [5.41, 5.74) is 0.418. The van der Waals surface area contributed by atoms with Crippen LogP contribution in [0.25, 0.3) is 10.9 Å². The van der Waals surface area contributed by atoms with Gasteiger partial charge in [0, 0.05) is 17.5 Å². The van der Waals surface area contributed by atoms with Crippen molar-refractivity contribution in [1.82, 2.24) is 10.2 Å². The number of benzene rings is 1. The van der Waals surface area contributed by atoms with E-state index in [2.05, 4.69) is 10.2 Å². The van der Waals surface area contributed by atoms with Crippen molar-refractivity contribution < 1.29 is 9.47 Å². The van der Waals surface area contributed by atoms with E-state index >= 15 is 0 Å². The highest BCUT2D eigenvalue weighted by atomic mass is 16.5. The number of aromatic amines is 1. The summed E-state index contributed by atoms with van der Waals surface area (Å²) in [6.45, 7) is 0. The van der Waals surface area contributed by atoms with E-state index in [9.17, 15) is 4.79 Å². The monoisotopic (exact) mass is 206 g/mol. The molecule has 0 spiro atoms. The molecule has 1 aromatic heterocycles. The highest BCUT2D eigenvalue weighted by molar-refractivity contribution is 5.81. The molecule has 0 saturated carbocycles. The van der Waals surface area contributed by atoms with Crippen molar-refractivity contribution in [1.29, 1.82) is 0 Å². The van der Waals surface area contributed by atoms with Gasteiger partial charge in [-0.15, -0.1) is 0 Å². The molecule has 0 atom stereocenters. The minimum absolute atomic E-state index is 0.241. The Morgan fingerprint density at radius 1 is 1.13 bits per heavy atom. The predicted molar refractivity (Wildman–Crippen MR) is 55.5 cm³/mol. The Morgan fingerprint density at radius 2 is 1.80 bits per heavy atom. The fraction of sp³-hybridized carbons (Fsp3) is 0.200. The number of fused-ring (bicyclic) bond motifs is 1. The molecule has 0 amide bonds. The SMILES string of the molecule is COc1cc2cc(=O)[nH]nc2cc1OC. The zero-order chi connectivity index (χ0) is 10.8. The van der Waals surface area contributed by atoms with Crippen molar-refractivity contribution in [2.24, 2.45) is 0 Å². The van der Waals surface area contributed by atoms with Crippen molar-refractivity contribution in [2.45, 2.75) is 0 Å². The molecule has 0 aliphatic heterocycles. The molecule has 0 unspecified atom stereocenters. The zero-order valence-corrected chi connectivity index (χ0v) is 8.40. The van der Waals surface area contributed by atoms with Gasteiger partial charge in [-0.25, -0.2) is 5.10 Å². The second-order valence-electron chi connectivity index (χ2n) is 3.00. The van der Waals surface area contributed by atoms with Crippen molar-refractivity contribution in [3.63, 3.8) is 0 Å². The first kappa shape index (κ1) is 9.51. The Balaban J connectivity index is 2.75. The number of aromatic nitrogens is 2. The lowest BCUT2D eigenvalue weighted by molar-refractivity contribution is 0.355. The first-order valence-electron chi connectivity index (χ1n) is 4.36. The number of hydrogen-bond donors (Lipinski definition) is 1. The van der Waals surface area contributed by atoms with Gasteiger partial charge in [0.2, 0.25) is 0 Å². The fourth-order valence-electron chi connectivity index (χ4n) is 1.39. The van der Waals surface area contributed by atoms with E-state index in [4.69, 9.17) is 9.47 Å². The zero-order valence-electron chi connectivity index (χ0n) is 8.40. The molecule has 5 nitrogen and oxygen atoms in total. The highest BCUT2D eigenvalue weighted by Crippen LogP contribution is 2.30. The Bertz CT molecular complexity index is 548. The Hall–Kier alpha value is -2.04. The van der Waals surface area contributed by atoms with Crippen LogP contribution in [0.1, 0.15) is 0 Å². The molecule has 0 radical (unpaired) electrons. The van der Waals surface area contributed by atoms with E-state index < -0.39 is 0 Å². The van der Waals surface area contributed by atoms with Crippen LogP contribution in [-0.2, 0) is 0 Å². The van der Waals surface area contributed by atoms with Gasteiger partial charge < -0.3 is 9.47 Å². The Labute approximate surface area is 85.6 Å². The van der Waals surface area contributed by atoms with Crippen LogP contribution < -0.4 is 15.0 Å². The van der Waals surface area contributed by atoms with Gasteiger partial charge >= 0.3 is 0 Å². The molecule has 5 heteroatoms. The first-order chi connectivity index (χ1) is 7.24. The van der Waals surface area contributed by atoms with Gasteiger partial charge in [-0.1, -0.05) is 0 Å². The molecule has 1 N–H and O–H groups in total. The number of nitrogens with zero attached hydrogens (tertiary/aromatic N) is 1. The maximum Gasteiger partial charge on any atom is 0.264 e. The highest BCUT2D eigenvalue weighted by Gasteiger charge is 2.06. The van der Waals surface area contributed by atoms with E-state index in [0.717, 1.165) is 5.39 Å². The molecule has 2 aromatic rings. The van der Waals surface area contributed by atoms with E-state index in [0.29, 0.717) is 17.0 Å². The summed E-state index contributed by atoms with van der Waals surface area (Å²) in [5.74, 6) is 1.17. The quantitative estimate of drug-likeness (QED) is 0.794. The van der Waals surface area contributed by atoms with Crippen molar-refractivity contribution >= 4 is 10.9 Å². The minimum Gasteiger partial charge on any atom is -0.493 e. The molecule has 0 saturated heterocycles. The van der Waals surface area contributed by atoms with E-state index in [1.54, 1.807) is 26.4 Å². The third kappa shape index (κ3) is 1.63. The molecule has 2 rings (SSSR count). The number of H-pyrrole nitrogens is 1. The molecular formula is C10H10N2O3. The van der Waals surface area contributed by atoms with E-state index in [1.807, 2.05) is 0 Å². The largest absolute Gasteiger partial charge is 0.493 e. The van der Waals surface area contributed by atoms with Gasteiger partial charge in [0.1, 0.15) is 0 Å². The van der Waals surface area contributed by atoms with Gasteiger partial charge in [-0.05, 0) is 6.07 Å². The van der Waals surface area contributed by atoms with E-state index in [-0.39, 0.29) is 5.56 Å². The standard InChI is InChI=1S/C10H10N2O3/c1-14-8-3-6-4-10(13)12-11-7(6)5-9(8)15-2/h3-5H,1-2H3,(H,12,13). The summed E-state index contributed by atoms with van der Waals surface area (Å²) in [6, 6.07) is 4.89. The summed E-state index contributed by atoms with van der Waals surface area (Å²) in [6.07, 6.45) is 0. The summed E-state index contributed by atoms with van der Waals surface area (Å²) in [4.78, 5) is 11.0. The normalized spacial score (nSPS) is 10.3. The second-order valence-corrected chi connectivity index (χ2v) is 3.00. The van der Waals surface area contributed by atoms with Gasteiger partial charge in [0.05, 0.1) is 19.7 Å². The van der Waals surface area contributed by atoms with Crippen LogP contribution in [-0.4, -0.2) is 24.4 Å². The second kappa shape index (κ2) is 3.61. The van der Waals surface area contributed by atoms with Crippen molar-refractivity contribution in [3.8, 4) is 11.5 Å². The molecular weight excluding hydrogens is 196 g/mol. The minimum atomic E-state index is -0.241. The molecule has 1 heterocycles. The number of hydrogen-bond acceptors (Lipinski definition) is 4. The molecule has 0 fully saturated rings. The Kier molecular flexibility index (Phi) is 2.29. The lowest BCUT2D eigenvalue weighted by Gasteiger charge is -2.07. The lowest BCUT2D eigenvalue weighted by Crippen LogP contribution is -2.05. The molecule has 0 bridgehead atoms. The molecule has 78 valence electrons. The summed E-state index contributed by atoms with van der Waals surface area (Å²) >= 11 is 0. The number of methoxy groups -OCH3 is 2. The third-order valence-corrected chi connectivity index (χ3v) is 2.11. The summed E-state index contributed by atoms with van der Waals surface area (Å²) in [7, 11) is 3.10. The molecule has 0 aliphatic rings. The van der Waals surface area contributed by atoms with Crippen LogP contribution in [0.3, 0.4) is 0 Å². The van der Waals surface area contributed by atoms with Gasteiger partial charge in [0.15, 0.2) is 11.5 Å². The fourth-order valence-corrected chi connectivity index (χ4v) is 1.39. The van der Waals surface area contributed by atoms with Crippen LogP contribution >= 0.6 is 0 Å². The predicted octanol–water partition coefficient (Wildman–Crippen LogP) is 0.940. The maximum atomic E-state index is 11.0. The van der Waals surface area contributed by atoms with Crippen molar-refractivity contribution in [3.05, 3.63) is 28.6 Å². The summed E-state index contributed by atoms with van der Waals surface area (Å²) in [5, 5.41) is 6.97. The average Bonchev–Trinajstić information content (AvgIpc) is 2.27. The number of rotatable bonds is 2. The smallest absolute Gasteiger partial charge is 0.264 e. The molecule has 15 heavy (non-hydrogen) atoms. The van der Waals surface area contributed by atoms with Crippen molar-refractivity contribution in [2.75, 3.05) is 14.2 Å². The molecule has 1 aromatic carbocycles.